The Morgan fingerprint density at radius 1 is 1.22 bits per heavy atom. The molecule has 0 radical (unpaired) electrons. The largest absolute Gasteiger partial charge is 0.352 e. The molecule has 1 aromatic heterocycles. The second-order valence-corrected chi connectivity index (χ2v) is 11.6. The van der Waals surface area contributed by atoms with Crippen molar-refractivity contribution in [2.75, 3.05) is 32.7 Å². The van der Waals surface area contributed by atoms with E-state index in [2.05, 4.69) is 19.2 Å². The topological polar surface area (TPSA) is 69.7 Å². The molecule has 6 nitrogen and oxygen atoms in total. The molecule has 1 aromatic rings. The molecular formula is C18H28ClN3O3S2. The van der Waals surface area contributed by atoms with E-state index in [9.17, 15) is 13.2 Å². The Balaban J connectivity index is 1.48. The van der Waals surface area contributed by atoms with E-state index in [-0.39, 0.29) is 16.2 Å². The van der Waals surface area contributed by atoms with Crippen molar-refractivity contribution in [3.8, 4) is 0 Å². The van der Waals surface area contributed by atoms with Gasteiger partial charge in [-0.25, -0.2) is 8.42 Å². The van der Waals surface area contributed by atoms with Crippen molar-refractivity contribution in [2.45, 2.75) is 43.4 Å². The number of carbonyl (C=O) groups is 1. The molecule has 3 rings (SSSR count). The number of nitrogens with one attached hydrogen (secondary N) is 1. The molecule has 1 aliphatic carbocycles. The van der Waals surface area contributed by atoms with Crippen LogP contribution in [-0.2, 0) is 14.8 Å². The van der Waals surface area contributed by atoms with Crippen molar-refractivity contribution in [2.24, 2.45) is 11.8 Å². The van der Waals surface area contributed by atoms with E-state index in [0.29, 0.717) is 48.9 Å². The molecule has 1 saturated heterocycles. The Bertz CT molecular complexity index is 760. The number of carbonyl (C=O) groups excluding carboxylic acids is 1. The van der Waals surface area contributed by atoms with Gasteiger partial charge in [0.1, 0.15) is 4.21 Å². The summed E-state index contributed by atoms with van der Waals surface area (Å²) in [4.78, 5) is 14.5. The zero-order chi connectivity index (χ0) is 19.6. The van der Waals surface area contributed by atoms with Crippen molar-refractivity contribution < 1.29 is 13.2 Å². The third-order valence-electron chi connectivity index (χ3n) is 5.89. The Morgan fingerprint density at radius 3 is 2.56 bits per heavy atom. The summed E-state index contributed by atoms with van der Waals surface area (Å²) in [6, 6.07) is 3.41. The molecule has 3 unspecified atom stereocenters. The van der Waals surface area contributed by atoms with Gasteiger partial charge in [-0.2, -0.15) is 4.31 Å². The van der Waals surface area contributed by atoms with Crippen LogP contribution in [-0.4, -0.2) is 62.3 Å². The number of hydrogen-bond acceptors (Lipinski definition) is 5. The van der Waals surface area contributed by atoms with Crippen LogP contribution in [0, 0.1) is 11.8 Å². The molecule has 0 spiro atoms. The minimum atomic E-state index is -3.49. The van der Waals surface area contributed by atoms with Crippen molar-refractivity contribution in [3.05, 3.63) is 16.5 Å². The lowest BCUT2D eigenvalue weighted by Crippen LogP contribution is -2.52. The number of nitrogens with zero attached hydrogens (tertiary/aromatic N) is 2. The Morgan fingerprint density at radius 2 is 1.93 bits per heavy atom. The quantitative estimate of drug-likeness (QED) is 0.774. The average Bonchev–Trinajstić information content (AvgIpc) is 3.07. The maximum Gasteiger partial charge on any atom is 0.252 e. The van der Waals surface area contributed by atoms with Crippen LogP contribution in [0.4, 0.5) is 0 Å². The number of hydrogen-bond donors (Lipinski definition) is 1. The first-order valence-corrected chi connectivity index (χ1v) is 12.2. The fraction of sp³-hybridized carbons (Fsp3) is 0.722. The molecule has 1 N–H and O–H groups in total. The van der Waals surface area contributed by atoms with E-state index in [1.165, 1.54) is 17.1 Å². The van der Waals surface area contributed by atoms with Crippen LogP contribution in [0.3, 0.4) is 0 Å². The summed E-state index contributed by atoms with van der Waals surface area (Å²) in [5.74, 6) is 1.19. The third kappa shape index (κ3) is 5.03. The van der Waals surface area contributed by atoms with Crippen molar-refractivity contribution in [3.63, 3.8) is 0 Å². The van der Waals surface area contributed by atoms with Crippen LogP contribution in [0.1, 0.15) is 33.1 Å². The first-order chi connectivity index (χ1) is 12.8. The summed E-state index contributed by atoms with van der Waals surface area (Å²) in [5.41, 5.74) is 0. The smallest absolute Gasteiger partial charge is 0.252 e. The van der Waals surface area contributed by atoms with Crippen molar-refractivity contribution >= 4 is 38.9 Å². The first-order valence-electron chi connectivity index (χ1n) is 9.54. The predicted molar refractivity (Wildman–Crippen MR) is 109 cm³/mol. The average molecular weight is 434 g/mol. The zero-order valence-corrected chi connectivity index (χ0v) is 18.2. The predicted octanol–water partition coefficient (Wildman–Crippen LogP) is 2.65. The minimum absolute atomic E-state index is 0.0438. The van der Waals surface area contributed by atoms with E-state index < -0.39 is 10.0 Å². The van der Waals surface area contributed by atoms with Gasteiger partial charge in [-0.15, -0.1) is 11.3 Å². The molecule has 9 heteroatoms. The summed E-state index contributed by atoms with van der Waals surface area (Å²) in [6.07, 6.45) is 3.45. The summed E-state index contributed by atoms with van der Waals surface area (Å²) in [6.45, 7) is 6.70. The Hall–Kier alpha value is -0.670. The monoisotopic (exact) mass is 433 g/mol. The molecule has 27 heavy (non-hydrogen) atoms. The van der Waals surface area contributed by atoms with Gasteiger partial charge < -0.3 is 5.32 Å². The summed E-state index contributed by atoms with van der Waals surface area (Å²) >= 11 is 6.95. The fourth-order valence-corrected chi connectivity index (χ4v) is 6.99. The maximum absolute atomic E-state index is 12.6. The van der Waals surface area contributed by atoms with Gasteiger partial charge in [-0.3, -0.25) is 9.69 Å². The van der Waals surface area contributed by atoms with Gasteiger partial charge in [0, 0.05) is 32.2 Å². The van der Waals surface area contributed by atoms with Crippen LogP contribution >= 0.6 is 22.9 Å². The molecule has 0 bridgehead atoms. The molecule has 3 atom stereocenters. The van der Waals surface area contributed by atoms with Crippen LogP contribution in [0.25, 0.3) is 0 Å². The van der Waals surface area contributed by atoms with Gasteiger partial charge in [0.25, 0.3) is 10.0 Å². The molecule has 2 heterocycles. The van der Waals surface area contributed by atoms with Crippen LogP contribution in [0.2, 0.25) is 4.34 Å². The highest BCUT2D eigenvalue weighted by atomic mass is 35.5. The van der Waals surface area contributed by atoms with Crippen molar-refractivity contribution in [1.82, 2.24) is 14.5 Å². The van der Waals surface area contributed by atoms with E-state index >= 15 is 0 Å². The standard InChI is InChI=1S/C18H28ClN3O3S2/c1-13-4-3-5-15(14(13)2)20-17(23)12-21-8-10-22(11-9-21)27(24,25)18-7-6-16(19)26-18/h6-7,13-15H,3-5,8-12H2,1-2H3,(H,20,23). The zero-order valence-electron chi connectivity index (χ0n) is 15.9. The minimum Gasteiger partial charge on any atom is -0.352 e. The van der Waals surface area contributed by atoms with Crippen LogP contribution in [0.15, 0.2) is 16.3 Å². The Labute approximate surface area is 170 Å². The first kappa shape index (κ1) is 21.0. The van der Waals surface area contributed by atoms with Gasteiger partial charge in [-0.05, 0) is 30.4 Å². The number of sulfonamides is 1. The molecule has 1 saturated carbocycles. The number of rotatable bonds is 5. The fourth-order valence-electron chi connectivity index (χ4n) is 3.93. The van der Waals surface area contributed by atoms with Gasteiger partial charge in [0.15, 0.2) is 0 Å². The highest BCUT2D eigenvalue weighted by Gasteiger charge is 2.31. The summed E-state index contributed by atoms with van der Waals surface area (Å²) in [7, 11) is -3.49. The van der Waals surface area contributed by atoms with E-state index in [0.717, 1.165) is 17.8 Å². The summed E-state index contributed by atoms with van der Waals surface area (Å²) < 4.78 is 27.5. The van der Waals surface area contributed by atoms with E-state index in [1.807, 2.05) is 4.90 Å². The number of amides is 1. The molecule has 152 valence electrons. The van der Waals surface area contributed by atoms with E-state index in [4.69, 9.17) is 11.6 Å². The normalized spacial score (nSPS) is 28.2. The lowest BCUT2D eigenvalue weighted by Gasteiger charge is -2.36. The second-order valence-electron chi connectivity index (χ2n) is 7.68. The molecule has 0 aromatic carbocycles. The van der Waals surface area contributed by atoms with Gasteiger partial charge in [-0.1, -0.05) is 38.3 Å². The van der Waals surface area contributed by atoms with Crippen molar-refractivity contribution in [1.29, 1.82) is 0 Å². The lowest BCUT2D eigenvalue weighted by atomic mass is 9.78. The van der Waals surface area contributed by atoms with Gasteiger partial charge in [0.2, 0.25) is 5.91 Å². The highest BCUT2D eigenvalue weighted by molar-refractivity contribution is 7.91. The second kappa shape index (κ2) is 8.78. The Kier molecular flexibility index (Phi) is 6.84. The van der Waals surface area contributed by atoms with Crippen LogP contribution < -0.4 is 5.32 Å². The molecule has 2 fully saturated rings. The maximum atomic E-state index is 12.6. The van der Waals surface area contributed by atoms with E-state index in [1.54, 1.807) is 12.1 Å². The number of thiophene rings is 1. The number of piperazine rings is 1. The molecule has 2 aliphatic rings. The highest BCUT2D eigenvalue weighted by Crippen LogP contribution is 2.30. The summed E-state index contributed by atoms with van der Waals surface area (Å²) in [5, 5.41) is 3.19. The molecule has 1 aliphatic heterocycles. The molecule has 1 amide bonds. The van der Waals surface area contributed by atoms with Gasteiger partial charge in [0.05, 0.1) is 10.9 Å². The molecular weight excluding hydrogens is 406 g/mol. The lowest BCUT2D eigenvalue weighted by molar-refractivity contribution is -0.124. The van der Waals surface area contributed by atoms with Crippen LogP contribution in [0.5, 0.6) is 0 Å². The van der Waals surface area contributed by atoms with Gasteiger partial charge >= 0.3 is 0 Å². The number of halogens is 1. The SMILES string of the molecule is CC1CCCC(NC(=O)CN2CCN(S(=O)(=O)c3ccc(Cl)s3)CC2)C1C. The third-order valence-corrected chi connectivity index (χ3v) is 9.49.